The number of ether oxygens (including phenoxy) is 2. The fourth-order valence-electron chi connectivity index (χ4n) is 4.64. The molecule has 0 bridgehead atoms. The Morgan fingerprint density at radius 2 is 1.98 bits per heavy atom. The predicted octanol–water partition coefficient (Wildman–Crippen LogP) is 3.81. The van der Waals surface area contributed by atoms with Crippen LogP contribution in [0.5, 0.6) is 17.4 Å². The van der Waals surface area contributed by atoms with E-state index in [-0.39, 0.29) is 24.0 Å². The Bertz CT molecular complexity index is 1530. The zero-order valence-electron chi connectivity index (χ0n) is 23.0. The van der Waals surface area contributed by atoms with E-state index in [1.165, 1.54) is 30.2 Å². The summed E-state index contributed by atoms with van der Waals surface area (Å²) in [4.78, 5) is 29.6. The number of aromatic nitrogens is 3. The molecule has 1 amide bonds. The number of carbonyl (C=O) groups is 1. The summed E-state index contributed by atoms with van der Waals surface area (Å²) in [5.41, 5.74) is 3.14. The molecule has 4 heterocycles. The van der Waals surface area contributed by atoms with E-state index >= 15 is 0 Å². The Morgan fingerprint density at radius 1 is 1.17 bits per heavy atom. The molecule has 1 aliphatic heterocycles. The van der Waals surface area contributed by atoms with Crippen LogP contribution in [0.25, 0.3) is 11.3 Å². The monoisotopic (exact) mass is 560 g/mol. The van der Waals surface area contributed by atoms with E-state index in [2.05, 4.69) is 20.2 Å². The standard InChI is InChI=1S/C30H30FN5O5/c1-19(18-37)17-35-14-15-40-30-28(35)25(12-13-32-30)41-23-9-11-26(33-16-23)34-29(38)24-10-4-20(2)27(36(24)39-3)21-5-7-22(31)8-6-21/h4-13,16,19,37H,14-15,17-18H2,1-3H3/p+1/t19-/m0/s1. The molecule has 3 aromatic heterocycles. The molecule has 0 spiro atoms. The van der Waals surface area contributed by atoms with Crippen molar-refractivity contribution in [3.8, 4) is 28.6 Å². The second kappa shape index (κ2) is 12.2. The van der Waals surface area contributed by atoms with Gasteiger partial charge in [-0.2, -0.15) is 0 Å². The Labute approximate surface area is 236 Å². The number of anilines is 2. The number of halogens is 1. The first kappa shape index (κ1) is 27.8. The summed E-state index contributed by atoms with van der Waals surface area (Å²) in [5.74, 6) is 1.06. The molecular weight excluding hydrogens is 529 g/mol. The van der Waals surface area contributed by atoms with E-state index in [9.17, 15) is 14.3 Å². The second-order valence-corrected chi connectivity index (χ2v) is 9.71. The number of aliphatic hydroxyl groups is 1. The van der Waals surface area contributed by atoms with E-state index in [0.29, 0.717) is 54.2 Å². The molecule has 0 radical (unpaired) electrons. The van der Waals surface area contributed by atoms with Crippen molar-refractivity contribution in [3.63, 3.8) is 0 Å². The highest BCUT2D eigenvalue weighted by molar-refractivity contribution is 6.01. The first-order valence-electron chi connectivity index (χ1n) is 13.2. The lowest BCUT2D eigenvalue weighted by atomic mass is 10.1. The molecule has 4 aromatic rings. The fraction of sp³-hybridized carbons (Fsp3) is 0.267. The van der Waals surface area contributed by atoms with Gasteiger partial charge in [-0.3, -0.25) is 9.63 Å². The molecule has 2 N–H and O–H groups in total. The van der Waals surface area contributed by atoms with Gasteiger partial charge in [-0.05, 0) is 55.3 Å². The molecule has 41 heavy (non-hydrogen) atoms. The van der Waals surface area contributed by atoms with Crippen LogP contribution in [-0.4, -0.2) is 54.4 Å². The van der Waals surface area contributed by atoms with E-state index in [4.69, 9.17) is 14.3 Å². The number of amides is 1. The summed E-state index contributed by atoms with van der Waals surface area (Å²) in [7, 11) is 1.46. The second-order valence-electron chi connectivity index (χ2n) is 9.71. The van der Waals surface area contributed by atoms with Gasteiger partial charge in [-0.25, -0.2) is 14.4 Å². The third kappa shape index (κ3) is 6.04. The number of benzene rings is 1. The zero-order valence-corrected chi connectivity index (χ0v) is 23.0. The Hall–Kier alpha value is -4.77. The Balaban J connectivity index is 1.34. The number of rotatable bonds is 9. The van der Waals surface area contributed by atoms with Crippen LogP contribution in [0.1, 0.15) is 23.0 Å². The summed E-state index contributed by atoms with van der Waals surface area (Å²) < 4.78 is 26.8. The average molecular weight is 561 g/mol. The SMILES string of the molecule is CO[n+]1c(C(=O)Nc2ccc(Oc3ccnc4c3N(C[C@H](C)CO)CCO4)cn2)ccc(C)c1-c1ccc(F)cc1. The van der Waals surface area contributed by atoms with E-state index < -0.39 is 5.91 Å². The van der Waals surface area contributed by atoms with Crippen LogP contribution in [0, 0.1) is 18.7 Å². The summed E-state index contributed by atoms with van der Waals surface area (Å²) >= 11 is 0. The number of hydrogen-bond acceptors (Lipinski definition) is 8. The van der Waals surface area contributed by atoms with Gasteiger partial charge < -0.3 is 24.8 Å². The largest absolute Gasteiger partial charge is 0.474 e. The van der Waals surface area contributed by atoms with Crippen LogP contribution in [0.3, 0.4) is 0 Å². The zero-order chi connectivity index (χ0) is 28.9. The topological polar surface area (TPSA) is 110 Å². The van der Waals surface area contributed by atoms with Gasteiger partial charge in [0.2, 0.25) is 5.88 Å². The molecule has 0 fully saturated rings. The van der Waals surface area contributed by atoms with Gasteiger partial charge in [0, 0.05) is 41.8 Å². The van der Waals surface area contributed by atoms with Crippen molar-refractivity contribution in [2.24, 2.45) is 5.92 Å². The average Bonchev–Trinajstić information content (AvgIpc) is 2.98. The highest BCUT2D eigenvalue weighted by atomic mass is 19.1. The van der Waals surface area contributed by atoms with Crippen molar-refractivity contribution >= 4 is 17.4 Å². The van der Waals surface area contributed by atoms with Crippen molar-refractivity contribution < 1.29 is 33.3 Å². The molecule has 0 aliphatic carbocycles. The van der Waals surface area contributed by atoms with Crippen molar-refractivity contribution in [3.05, 3.63) is 84.1 Å². The van der Waals surface area contributed by atoms with Gasteiger partial charge >= 0.3 is 11.6 Å². The van der Waals surface area contributed by atoms with Gasteiger partial charge in [-0.15, -0.1) is 0 Å². The Morgan fingerprint density at radius 3 is 2.68 bits per heavy atom. The first-order chi connectivity index (χ1) is 19.9. The van der Waals surface area contributed by atoms with E-state index in [0.717, 1.165) is 11.3 Å². The summed E-state index contributed by atoms with van der Waals surface area (Å²) in [6.07, 6.45) is 3.12. The number of nitrogens with zero attached hydrogens (tertiary/aromatic N) is 4. The van der Waals surface area contributed by atoms with Crippen LogP contribution in [-0.2, 0) is 0 Å². The number of hydrogen-bond donors (Lipinski definition) is 2. The Kier molecular flexibility index (Phi) is 8.25. The number of fused-ring (bicyclic) bond motifs is 1. The van der Waals surface area contributed by atoms with Crippen molar-refractivity contribution in [2.75, 3.05) is 43.6 Å². The van der Waals surface area contributed by atoms with Crippen LogP contribution in [0.4, 0.5) is 15.9 Å². The molecule has 11 heteroatoms. The van der Waals surface area contributed by atoms with Crippen LogP contribution < -0.4 is 29.3 Å². The summed E-state index contributed by atoms with van der Waals surface area (Å²) in [6, 6.07) is 14.5. The van der Waals surface area contributed by atoms with Crippen molar-refractivity contribution in [1.29, 1.82) is 0 Å². The minimum atomic E-state index is -0.439. The van der Waals surface area contributed by atoms with E-state index in [1.807, 2.05) is 13.8 Å². The number of carbonyl (C=O) groups excluding carboxylic acids is 1. The molecule has 10 nitrogen and oxygen atoms in total. The first-order valence-corrected chi connectivity index (χ1v) is 13.2. The molecule has 1 aromatic carbocycles. The van der Waals surface area contributed by atoms with Crippen LogP contribution >= 0.6 is 0 Å². The maximum absolute atomic E-state index is 13.5. The molecule has 212 valence electrons. The highest BCUT2D eigenvalue weighted by Gasteiger charge is 2.29. The molecule has 0 saturated carbocycles. The van der Waals surface area contributed by atoms with Gasteiger partial charge in [0.15, 0.2) is 5.75 Å². The minimum Gasteiger partial charge on any atom is -0.474 e. The predicted molar refractivity (Wildman–Crippen MR) is 150 cm³/mol. The number of aliphatic hydroxyl groups excluding tert-OH is 1. The number of nitrogens with one attached hydrogen (secondary N) is 1. The van der Waals surface area contributed by atoms with Gasteiger partial charge in [0.05, 0.1) is 18.3 Å². The number of pyridine rings is 3. The minimum absolute atomic E-state index is 0.0654. The smallest absolute Gasteiger partial charge is 0.326 e. The lowest BCUT2D eigenvalue weighted by Gasteiger charge is -2.33. The maximum atomic E-state index is 13.5. The molecular formula is C30H31FN5O5+. The highest BCUT2D eigenvalue weighted by Crippen LogP contribution is 2.40. The molecule has 0 saturated heterocycles. The lowest BCUT2D eigenvalue weighted by molar-refractivity contribution is -0.878. The third-order valence-corrected chi connectivity index (χ3v) is 6.64. The number of aryl methyl sites for hydroxylation is 1. The van der Waals surface area contributed by atoms with Crippen LogP contribution in [0.2, 0.25) is 0 Å². The maximum Gasteiger partial charge on any atom is 0.326 e. The molecule has 1 aliphatic rings. The fourth-order valence-corrected chi connectivity index (χ4v) is 4.64. The van der Waals surface area contributed by atoms with Crippen molar-refractivity contribution in [2.45, 2.75) is 13.8 Å². The molecule has 0 unspecified atom stereocenters. The molecule has 1 atom stereocenters. The van der Waals surface area contributed by atoms with E-state index in [1.54, 1.807) is 48.7 Å². The normalized spacial score (nSPS) is 13.1. The summed E-state index contributed by atoms with van der Waals surface area (Å²) in [6.45, 7) is 5.69. The van der Waals surface area contributed by atoms with Crippen LogP contribution in [0.15, 0.2) is 67.0 Å². The van der Waals surface area contributed by atoms with Gasteiger partial charge in [0.1, 0.15) is 36.8 Å². The quantitative estimate of drug-likeness (QED) is 0.298. The lowest BCUT2D eigenvalue weighted by Crippen LogP contribution is -2.49. The van der Waals surface area contributed by atoms with Gasteiger partial charge in [-0.1, -0.05) is 6.92 Å². The van der Waals surface area contributed by atoms with Gasteiger partial charge in [0.25, 0.3) is 5.69 Å². The summed E-state index contributed by atoms with van der Waals surface area (Å²) in [5, 5.41) is 12.3. The molecule has 5 rings (SSSR count). The van der Waals surface area contributed by atoms with Crippen molar-refractivity contribution in [1.82, 2.24) is 9.97 Å². The third-order valence-electron chi connectivity index (χ3n) is 6.64.